The Balaban J connectivity index is 2.90. The number of hydrogen-bond donors (Lipinski definition) is 0. The maximum Gasteiger partial charge on any atom is 0.201 e. The molecular formula is C37H74N2O4Si3. The van der Waals surface area contributed by atoms with Gasteiger partial charge in [0.25, 0.3) is 0 Å². The van der Waals surface area contributed by atoms with Crippen molar-refractivity contribution in [3.05, 3.63) is 24.3 Å². The van der Waals surface area contributed by atoms with E-state index in [4.69, 9.17) is 23.0 Å². The maximum atomic E-state index is 7.79. The van der Waals surface area contributed by atoms with Gasteiger partial charge in [-0.1, -0.05) is 125 Å². The van der Waals surface area contributed by atoms with Crippen LogP contribution >= 0.6 is 0 Å². The molecule has 0 fully saturated rings. The molecule has 1 aliphatic heterocycles. The van der Waals surface area contributed by atoms with Crippen LogP contribution in [0.5, 0.6) is 0 Å². The summed E-state index contributed by atoms with van der Waals surface area (Å²) in [5, 5.41) is 0. The van der Waals surface area contributed by atoms with Crippen LogP contribution in [-0.4, -0.2) is 59.4 Å². The Morgan fingerprint density at radius 2 is 1.02 bits per heavy atom. The zero-order chi connectivity index (χ0) is 35.5. The quantitative estimate of drug-likeness (QED) is 0.152. The van der Waals surface area contributed by atoms with E-state index in [-0.39, 0.29) is 18.3 Å². The van der Waals surface area contributed by atoms with Crippen LogP contribution in [0, 0.1) is 0 Å². The van der Waals surface area contributed by atoms with E-state index in [0.29, 0.717) is 56.5 Å². The topological polar surface area (TPSA) is 54.7 Å². The third kappa shape index (κ3) is 7.85. The minimum atomic E-state index is -2.33. The standard InChI is InChI=1S/C37H74N2O4Si3/c1-24(2)44(25(3)4,26(5)6)40-23-35-36(43-46(30(13)14,31(15)16)32(17)18)33(22-34(41-35)37-38-20-21-39(37)19)42-45(27(7)8,28(9)10)29(11)12/h20-22,24-33,35-36H,23H2,1-19H3/t33-,35-,36-/m1/s1. The monoisotopic (exact) mass is 694 g/mol. The molecule has 0 radical (unpaired) electrons. The van der Waals surface area contributed by atoms with Gasteiger partial charge in [-0.05, 0) is 55.9 Å². The van der Waals surface area contributed by atoms with E-state index in [1.807, 2.05) is 24.0 Å². The predicted molar refractivity (Wildman–Crippen MR) is 205 cm³/mol. The summed E-state index contributed by atoms with van der Waals surface area (Å²) in [5.74, 6) is 1.60. The molecule has 0 amide bonds. The van der Waals surface area contributed by atoms with Crippen LogP contribution in [0.3, 0.4) is 0 Å². The molecule has 0 bridgehead atoms. The first-order valence-corrected chi connectivity index (χ1v) is 24.9. The number of aromatic nitrogens is 2. The lowest BCUT2D eigenvalue weighted by molar-refractivity contribution is -0.0625. The first-order chi connectivity index (χ1) is 21.1. The van der Waals surface area contributed by atoms with E-state index in [1.165, 1.54) is 0 Å². The Morgan fingerprint density at radius 1 is 0.630 bits per heavy atom. The Labute approximate surface area is 288 Å². The van der Waals surface area contributed by atoms with E-state index in [9.17, 15) is 0 Å². The van der Waals surface area contributed by atoms with Gasteiger partial charge in [-0.3, -0.25) is 0 Å². The fourth-order valence-corrected chi connectivity index (χ4v) is 26.4. The fraction of sp³-hybridized carbons (Fsp3) is 0.865. The van der Waals surface area contributed by atoms with Gasteiger partial charge in [-0.2, -0.15) is 0 Å². The molecule has 46 heavy (non-hydrogen) atoms. The summed E-state index contributed by atoms with van der Waals surface area (Å²) in [5.41, 5.74) is 4.08. The van der Waals surface area contributed by atoms with Gasteiger partial charge in [-0.15, -0.1) is 0 Å². The third-order valence-electron chi connectivity index (χ3n) is 11.6. The smallest absolute Gasteiger partial charge is 0.201 e. The molecule has 0 unspecified atom stereocenters. The summed E-state index contributed by atoms with van der Waals surface area (Å²) in [6.07, 6.45) is 5.21. The van der Waals surface area contributed by atoms with Gasteiger partial charge >= 0.3 is 0 Å². The van der Waals surface area contributed by atoms with Gasteiger partial charge in [0.1, 0.15) is 12.2 Å². The van der Waals surface area contributed by atoms with Crippen molar-refractivity contribution in [3.63, 3.8) is 0 Å². The van der Waals surface area contributed by atoms with Crippen LogP contribution < -0.4 is 0 Å². The van der Waals surface area contributed by atoms with E-state index in [1.54, 1.807) is 0 Å². The van der Waals surface area contributed by atoms with Crippen molar-refractivity contribution in [2.24, 2.45) is 7.05 Å². The van der Waals surface area contributed by atoms with Crippen LogP contribution in [-0.2, 0) is 25.1 Å². The SMILES string of the molecule is CC(C)[Si](OC[C@H]1OC(c2nccn2C)=C[C@@H](O[Si](C(C)C)(C(C)C)C(C)C)[C@H]1O[Si](C(C)C)(C(C)C)C(C)C)(C(C)C)C(C)C. The van der Waals surface area contributed by atoms with Gasteiger partial charge in [0.15, 0.2) is 11.6 Å². The number of ether oxygens (including phenoxy) is 1. The van der Waals surface area contributed by atoms with Crippen molar-refractivity contribution in [1.82, 2.24) is 9.55 Å². The van der Waals surface area contributed by atoms with Crippen molar-refractivity contribution in [3.8, 4) is 0 Å². The van der Waals surface area contributed by atoms with Crippen molar-refractivity contribution in [2.75, 3.05) is 6.61 Å². The highest BCUT2D eigenvalue weighted by atomic mass is 28.4. The zero-order valence-electron chi connectivity index (χ0n) is 33.4. The van der Waals surface area contributed by atoms with Crippen LogP contribution in [0.25, 0.3) is 5.76 Å². The number of aryl methyl sites for hydroxylation is 1. The second-order valence-corrected chi connectivity index (χ2v) is 33.3. The highest BCUT2D eigenvalue weighted by Gasteiger charge is 2.55. The van der Waals surface area contributed by atoms with E-state index in [2.05, 4.69) is 131 Å². The molecule has 6 nitrogen and oxygen atoms in total. The van der Waals surface area contributed by atoms with Gasteiger partial charge in [0, 0.05) is 19.4 Å². The Morgan fingerprint density at radius 3 is 1.37 bits per heavy atom. The minimum absolute atomic E-state index is 0.260. The summed E-state index contributed by atoms with van der Waals surface area (Å²) in [6, 6.07) is 0. The van der Waals surface area contributed by atoms with E-state index in [0.717, 1.165) is 11.6 Å². The molecule has 0 saturated carbocycles. The van der Waals surface area contributed by atoms with Crippen LogP contribution in [0.4, 0.5) is 0 Å². The van der Waals surface area contributed by atoms with Crippen LogP contribution in [0.1, 0.15) is 130 Å². The average molecular weight is 695 g/mol. The van der Waals surface area contributed by atoms with Crippen LogP contribution in [0.2, 0.25) is 49.9 Å². The highest BCUT2D eigenvalue weighted by molar-refractivity contribution is 6.78. The second kappa shape index (κ2) is 16.3. The molecule has 0 saturated heterocycles. The second-order valence-electron chi connectivity index (χ2n) is 17.0. The molecule has 1 aromatic heterocycles. The molecule has 0 aliphatic carbocycles. The highest BCUT2D eigenvalue weighted by Crippen LogP contribution is 2.49. The Kier molecular flexibility index (Phi) is 14.7. The van der Waals surface area contributed by atoms with Crippen molar-refractivity contribution in [2.45, 2.75) is 193 Å². The van der Waals surface area contributed by atoms with E-state index < -0.39 is 25.0 Å². The molecular weight excluding hydrogens is 621 g/mol. The largest absolute Gasteiger partial charge is 0.482 e. The number of hydrogen-bond acceptors (Lipinski definition) is 5. The molecule has 268 valence electrons. The lowest BCUT2D eigenvalue weighted by Gasteiger charge is -2.52. The molecule has 1 aromatic rings. The number of nitrogens with zero attached hydrogens (tertiary/aromatic N) is 2. The summed E-state index contributed by atoms with van der Waals surface area (Å²) >= 11 is 0. The molecule has 3 atom stereocenters. The number of rotatable bonds is 17. The Bertz CT molecular complexity index is 1040. The molecule has 1 aliphatic rings. The zero-order valence-corrected chi connectivity index (χ0v) is 36.4. The van der Waals surface area contributed by atoms with Crippen molar-refractivity contribution in [1.29, 1.82) is 0 Å². The van der Waals surface area contributed by atoms with Gasteiger partial charge in [-0.25, -0.2) is 4.98 Å². The first kappa shape index (κ1) is 41.5. The lowest BCUT2D eigenvalue weighted by Crippen LogP contribution is -2.61. The van der Waals surface area contributed by atoms with Gasteiger partial charge in [0.2, 0.25) is 25.0 Å². The lowest BCUT2D eigenvalue weighted by atomic mass is 10.0. The number of imidazole rings is 1. The van der Waals surface area contributed by atoms with Crippen molar-refractivity contribution >= 4 is 30.7 Å². The first-order valence-electron chi connectivity index (χ1n) is 18.5. The minimum Gasteiger partial charge on any atom is -0.482 e. The molecule has 0 aromatic carbocycles. The molecule has 0 spiro atoms. The Hall–Kier alpha value is -0.719. The fourth-order valence-electron chi connectivity index (χ4n) is 9.84. The summed E-state index contributed by atoms with van der Waals surface area (Å²) in [6.45, 7) is 43.1. The molecule has 2 rings (SSSR count). The molecule has 0 N–H and O–H groups in total. The van der Waals surface area contributed by atoms with Crippen molar-refractivity contribution < 1.29 is 18.0 Å². The summed E-state index contributed by atoms with van der Waals surface area (Å²) in [7, 11) is -4.79. The average Bonchev–Trinajstić information content (AvgIpc) is 3.34. The van der Waals surface area contributed by atoms with Crippen LogP contribution in [0.15, 0.2) is 18.5 Å². The van der Waals surface area contributed by atoms with Gasteiger partial charge in [0.05, 0.1) is 12.7 Å². The third-order valence-corrected chi connectivity index (χ3v) is 29.9. The normalized spacial score (nSPS) is 20.5. The van der Waals surface area contributed by atoms with Gasteiger partial charge < -0.3 is 22.6 Å². The summed E-state index contributed by atoms with van der Waals surface area (Å²) in [4.78, 5) is 4.75. The maximum absolute atomic E-state index is 7.79. The van der Waals surface area contributed by atoms with E-state index >= 15 is 0 Å². The predicted octanol–water partition coefficient (Wildman–Crippen LogP) is 11.5. The summed E-state index contributed by atoms with van der Waals surface area (Å²) < 4.78 is 32.0. The molecule has 9 heteroatoms. The molecule has 2 heterocycles.